The molecule has 3 aliphatic rings. The van der Waals surface area contributed by atoms with Crippen LogP contribution in [0, 0.1) is 0 Å². The molecule has 258 valence electrons. The molecule has 48 heavy (non-hydrogen) atoms. The number of hydrogen-bond acceptors (Lipinski definition) is 6. The average Bonchev–Trinajstić information content (AvgIpc) is 3.11. The molecule has 3 aromatic carbocycles. The van der Waals surface area contributed by atoms with E-state index in [0.29, 0.717) is 0 Å². The molecule has 0 heterocycles. The summed E-state index contributed by atoms with van der Waals surface area (Å²) < 4.78 is 16.0. The van der Waals surface area contributed by atoms with Crippen molar-refractivity contribution in [1.82, 2.24) is 0 Å². The van der Waals surface area contributed by atoms with E-state index in [1.165, 1.54) is 57.8 Å². The first-order chi connectivity index (χ1) is 23.5. The first-order valence-corrected chi connectivity index (χ1v) is 17.6. The Morgan fingerprint density at radius 2 is 0.604 bits per heavy atom. The molecule has 3 aliphatic carbocycles. The third-order valence-electron chi connectivity index (χ3n) is 8.54. The molecule has 3 fully saturated rings. The lowest BCUT2D eigenvalue weighted by atomic mass is 9.98. The minimum atomic E-state index is -0.335. The molecule has 3 amide bonds. The normalized spacial score (nSPS) is 16.8. The fraction of sp³-hybridized carbons (Fsp3) is 0.462. The molecule has 3 aromatic rings. The van der Waals surface area contributed by atoms with Crippen molar-refractivity contribution in [2.24, 2.45) is 0 Å². The lowest BCUT2D eigenvalue weighted by Crippen LogP contribution is -2.24. The van der Waals surface area contributed by atoms with Crippen LogP contribution >= 0.6 is 0 Å². The summed E-state index contributed by atoms with van der Waals surface area (Å²) in [6.45, 7) is 0. The van der Waals surface area contributed by atoms with Gasteiger partial charge in [-0.25, -0.2) is 14.4 Å². The van der Waals surface area contributed by atoms with Crippen LogP contribution in [0.5, 0.6) is 0 Å². The Bertz CT molecular complexity index is 1160. The van der Waals surface area contributed by atoms with Crippen molar-refractivity contribution in [1.29, 1.82) is 0 Å². The summed E-state index contributed by atoms with van der Waals surface area (Å²) >= 11 is 0. The van der Waals surface area contributed by atoms with Crippen molar-refractivity contribution in [2.45, 2.75) is 115 Å². The number of amides is 3. The summed E-state index contributed by atoms with van der Waals surface area (Å²) in [5.41, 5.74) is 2.34. The molecule has 0 bridgehead atoms. The third kappa shape index (κ3) is 14.9. The zero-order valence-corrected chi connectivity index (χ0v) is 27.9. The monoisotopic (exact) mass is 657 g/mol. The SMILES string of the molecule is O=C(Nc1ccccc1)OC1CCCCC1.O=C(Nc1ccccc1)OC1CCCCC1.O=C(Nc1ccccc1)OC1CCCCC1. The van der Waals surface area contributed by atoms with E-state index in [0.717, 1.165) is 55.6 Å². The highest BCUT2D eigenvalue weighted by Gasteiger charge is 2.19. The van der Waals surface area contributed by atoms with E-state index in [2.05, 4.69) is 16.0 Å². The van der Waals surface area contributed by atoms with Gasteiger partial charge >= 0.3 is 18.3 Å². The van der Waals surface area contributed by atoms with Gasteiger partial charge in [-0.15, -0.1) is 0 Å². The van der Waals surface area contributed by atoms with Crippen molar-refractivity contribution in [3.8, 4) is 0 Å². The quantitative estimate of drug-likeness (QED) is 0.227. The zero-order chi connectivity index (χ0) is 33.7. The Morgan fingerprint density at radius 3 is 0.833 bits per heavy atom. The van der Waals surface area contributed by atoms with Crippen molar-refractivity contribution >= 4 is 35.3 Å². The Labute approximate surface area is 285 Å². The molecular formula is C39H51N3O6. The molecule has 0 radical (unpaired) electrons. The number of ether oxygens (including phenoxy) is 3. The fourth-order valence-corrected chi connectivity index (χ4v) is 6.01. The topological polar surface area (TPSA) is 115 Å². The van der Waals surface area contributed by atoms with Gasteiger partial charge in [-0.2, -0.15) is 0 Å². The molecule has 3 saturated carbocycles. The highest BCUT2D eigenvalue weighted by Crippen LogP contribution is 2.23. The van der Waals surface area contributed by atoms with E-state index in [-0.39, 0.29) is 36.6 Å². The molecule has 3 N–H and O–H groups in total. The second-order valence-corrected chi connectivity index (χ2v) is 12.5. The summed E-state index contributed by atoms with van der Waals surface area (Å²) in [4.78, 5) is 34.6. The number of anilines is 3. The molecular weight excluding hydrogens is 606 g/mol. The van der Waals surface area contributed by atoms with Crippen molar-refractivity contribution in [3.05, 3.63) is 91.0 Å². The van der Waals surface area contributed by atoms with Gasteiger partial charge < -0.3 is 14.2 Å². The van der Waals surface area contributed by atoms with Gasteiger partial charge in [0.25, 0.3) is 0 Å². The van der Waals surface area contributed by atoms with E-state index in [1.807, 2.05) is 91.0 Å². The summed E-state index contributed by atoms with van der Waals surface area (Å²) in [5, 5.41) is 8.18. The lowest BCUT2D eigenvalue weighted by Gasteiger charge is -2.21. The molecule has 9 nitrogen and oxygen atoms in total. The number of nitrogens with one attached hydrogen (secondary N) is 3. The maximum Gasteiger partial charge on any atom is 0.411 e. The van der Waals surface area contributed by atoms with Crippen molar-refractivity contribution in [2.75, 3.05) is 16.0 Å². The van der Waals surface area contributed by atoms with Crippen LogP contribution in [0.15, 0.2) is 91.0 Å². The van der Waals surface area contributed by atoms with Gasteiger partial charge in [0.05, 0.1) is 0 Å². The second-order valence-electron chi connectivity index (χ2n) is 12.5. The van der Waals surface area contributed by atoms with Gasteiger partial charge in [-0.3, -0.25) is 16.0 Å². The van der Waals surface area contributed by atoms with E-state index in [4.69, 9.17) is 14.2 Å². The molecule has 6 rings (SSSR count). The van der Waals surface area contributed by atoms with Crippen LogP contribution in [0.25, 0.3) is 0 Å². The van der Waals surface area contributed by atoms with E-state index in [9.17, 15) is 14.4 Å². The second kappa shape index (κ2) is 21.4. The maximum atomic E-state index is 11.5. The number of rotatable bonds is 6. The van der Waals surface area contributed by atoms with Crippen LogP contribution < -0.4 is 16.0 Å². The first kappa shape index (κ1) is 36.3. The molecule has 0 spiro atoms. The molecule has 0 aliphatic heterocycles. The average molecular weight is 658 g/mol. The van der Waals surface area contributed by atoms with Gasteiger partial charge in [0.2, 0.25) is 0 Å². The van der Waals surface area contributed by atoms with Crippen LogP contribution in [0.4, 0.5) is 31.4 Å². The summed E-state index contributed by atoms with van der Waals surface area (Å²) in [6.07, 6.45) is 16.1. The smallest absolute Gasteiger partial charge is 0.411 e. The van der Waals surface area contributed by atoms with Crippen LogP contribution in [-0.2, 0) is 14.2 Å². The maximum absolute atomic E-state index is 11.5. The minimum Gasteiger partial charge on any atom is -0.446 e. The Morgan fingerprint density at radius 1 is 0.375 bits per heavy atom. The molecule has 0 unspecified atom stereocenters. The number of benzene rings is 3. The number of hydrogen-bond donors (Lipinski definition) is 3. The lowest BCUT2D eigenvalue weighted by molar-refractivity contribution is 0.0858. The van der Waals surface area contributed by atoms with Crippen LogP contribution in [-0.4, -0.2) is 36.6 Å². The molecule has 0 saturated heterocycles. The molecule has 0 aromatic heterocycles. The highest BCUT2D eigenvalue weighted by atomic mass is 16.6. The molecule has 0 atom stereocenters. The van der Waals surface area contributed by atoms with Gasteiger partial charge in [0, 0.05) is 17.1 Å². The first-order valence-electron chi connectivity index (χ1n) is 17.6. The fourth-order valence-electron chi connectivity index (χ4n) is 6.01. The predicted molar refractivity (Wildman–Crippen MR) is 190 cm³/mol. The van der Waals surface area contributed by atoms with Crippen molar-refractivity contribution in [3.63, 3.8) is 0 Å². The van der Waals surface area contributed by atoms with Crippen LogP contribution in [0.3, 0.4) is 0 Å². The summed E-state index contributed by atoms with van der Waals surface area (Å²) in [7, 11) is 0. The van der Waals surface area contributed by atoms with Gasteiger partial charge in [0.15, 0.2) is 0 Å². The Balaban J connectivity index is 0.000000163. The zero-order valence-electron chi connectivity index (χ0n) is 27.9. The molecule has 9 heteroatoms. The highest BCUT2D eigenvalue weighted by molar-refractivity contribution is 5.85. The Hall–Kier alpha value is -4.53. The van der Waals surface area contributed by atoms with Gasteiger partial charge in [-0.05, 0) is 113 Å². The third-order valence-corrected chi connectivity index (χ3v) is 8.54. The van der Waals surface area contributed by atoms with Gasteiger partial charge in [0.1, 0.15) is 18.3 Å². The van der Waals surface area contributed by atoms with E-state index < -0.39 is 0 Å². The summed E-state index contributed by atoms with van der Waals surface area (Å²) in [6, 6.07) is 28.1. The number of para-hydroxylation sites is 3. The predicted octanol–water partition coefficient (Wildman–Crippen LogP) is 10.7. The van der Waals surface area contributed by atoms with E-state index in [1.54, 1.807) is 0 Å². The van der Waals surface area contributed by atoms with Crippen LogP contribution in [0.2, 0.25) is 0 Å². The van der Waals surface area contributed by atoms with Crippen molar-refractivity contribution < 1.29 is 28.6 Å². The summed E-state index contributed by atoms with van der Waals surface area (Å²) in [5.74, 6) is 0. The number of carbonyl (C=O) groups excluding carboxylic acids is 3. The Kier molecular flexibility index (Phi) is 16.2. The van der Waals surface area contributed by atoms with Gasteiger partial charge in [-0.1, -0.05) is 73.9 Å². The largest absolute Gasteiger partial charge is 0.446 e. The van der Waals surface area contributed by atoms with E-state index >= 15 is 0 Å². The standard InChI is InChI=1S/3C13H17NO2/c3*15-13(14-11-7-3-1-4-8-11)16-12-9-5-2-6-10-12/h3*1,3-4,7-8,12H,2,5-6,9-10H2,(H,14,15). The van der Waals surface area contributed by atoms with Crippen LogP contribution in [0.1, 0.15) is 96.3 Å². The minimum absolute atomic E-state index is 0.109. The number of carbonyl (C=O) groups is 3.